The van der Waals surface area contributed by atoms with Crippen LogP contribution in [0, 0.1) is 0 Å². The Bertz CT molecular complexity index is 774. The SMILES string of the molecule is COc1ccc(/C=C/C(=O)/C=C/c2ccc(N(C)C)cc2)c(OC)c1. The van der Waals surface area contributed by atoms with Gasteiger partial charge in [0.05, 0.1) is 14.2 Å². The second kappa shape index (κ2) is 8.73. The highest BCUT2D eigenvalue weighted by Gasteiger charge is 2.02. The Morgan fingerprint density at radius 2 is 1.60 bits per heavy atom. The standard InChI is InChI=1S/C21H23NO3/c1-22(2)18-10-5-16(6-11-18)7-12-19(23)13-8-17-9-14-20(24-3)15-21(17)25-4/h5-15H,1-4H3/b12-7+,13-8+. The zero-order valence-corrected chi connectivity index (χ0v) is 15.0. The summed E-state index contributed by atoms with van der Waals surface area (Å²) >= 11 is 0. The lowest BCUT2D eigenvalue weighted by molar-refractivity contribution is -0.110. The number of hydrogen-bond acceptors (Lipinski definition) is 4. The summed E-state index contributed by atoms with van der Waals surface area (Å²) in [6.07, 6.45) is 6.61. The van der Waals surface area contributed by atoms with Crippen molar-refractivity contribution in [2.75, 3.05) is 33.2 Å². The number of hydrogen-bond donors (Lipinski definition) is 0. The van der Waals surface area contributed by atoms with Gasteiger partial charge in [-0.3, -0.25) is 4.79 Å². The van der Waals surface area contributed by atoms with Crippen molar-refractivity contribution in [3.63, 3.8) is 0 Å². The van der Waals surface area contributed by atoms with Crippen LogP contribution in [0.2, 0.25) is 0 Å². The summed E-state index contributed by atoms with van der Waals surface area (Å²) in [4.78, 5) is 14.1. The summed E-state index contributed by atoms with van der Waals surface area (Å²) in [7, 11) is 7.17. The molecule has 0 saturated heterocycles. The molecule has 2 aromatic carbocycles. The maximum Gasteiger partial charge on any atom is 0.178 e. The third-order valence-electron chi connectivity index (χ3n) is 3.72. The fourth-order valence-electron chi connectivity index (χ4n) is 2.25. The normalized spacial score (nSPS) is 11.0. The monoisotopic (exact) mass is 337 g/mol. The number of allylic oxidation sites excluding steroid dienone is 2. The maximum absolute atomic E-state index is 12.0. The van der Waals surface area contributed by atoms with Gasteiger partial charge in [0.15, 0.2) is 5.78 Å². The zero-order valence-electron chi connectivity index (χ0n) is 15.0. The van der Waals surface area contributed by atoms with Crippen molar-refractivity contribution >= 4 is 23.6 Å². The van der Waals surface area contributed by atoms with E-state index in [1.54, 1.807) is 38.5 Å². The molecule has 25 heavy (non-hydrogen) atoms. The van der Waals surface area contributed by atoms with E-state index in [2.05, 4.69) is 0 Å². The molecular formula is C21H23NO3. The molecule has 0 aliphatic rings. The number of methoxy groups -OCH3 is 2. The van der Waals surface area contributed by atoms with Crippen molar-refractivity contribution in [1.82, 2.24) is 0 Å². The van der Waals surface area contributed by atoms with Crippen LogP contribution < -0.4 is 14.4 Å². The number of ether oxygens (including phenoxy) is 2. The van der Waals surface area contributed by atoms with Crippen LogP contribution in [0.4, 0.5) is 5.69 Å². The summed E-state index contributed by atoms with van der Waals surface area (Å²) in [5.41, 5.74) is 2.92. The van der Waals surface area contributed by atoms with Gasteiger partial charge < -0.3 is 14.4 Å². The van der Waals surface area contributed by atoms with Gasteiger partial charge in [0.25, 0.3) is 0 Å². The highest BCUT2D eigenvalue weighted by molar-refractivity contribution is 6.04. The van der Waals surface area contributed by atoms with Crippen molar-refractivity contribution in [1.29, 1.82) is 0 Å². The van der Waals surface area contributed by atoms with Crippen LogP contribution in [-0.4, -0.2) is 34.1 Å². The van der Waals surface area contributed by atoms with E-state index in [1.807, 2.05) is 55.4 Å². The van der Waals surface area contributed by atoms with E-state index >= 15 is 0 Å². The van der Waals surface area contributed by atoms with Gasteiger partial charge in [-0.2, -0.15) is 0 Å². The number of carbonyl (C=O) groups excluding carboxylic acids is 1. The van der Waals surface area contributed by atoms with Gasteiger partial charge >= 0.3 is 0 Å². The second-order valence-corrected chi connectivity index (χ2v) is 5.66. The Labute approximate surface area is 149 Å². The minimum atomic E-state index is -0.0884. The van der Waals surface area contributed by atoms with Crippen LogP contribution in [0.15, 0.2) is 54.6 Å². The molecule has 2 aromatic rings. The molecule has 0 atom stereocenters. The molecule has 0 heterocycles. The third-order valence-corrected chi connectivity index (χ3v) is 3.72. The number of ketones is 1. The predicted molar refractivity (Wildman–Crippen MR) is 103 cm³/mol. The van der Waals surface area contributed by atoms with Gasteiger partial charge in [-0.25, -0.2) is 0 Å². The first kappa shape index (κ1) is 18.3. The summed E-state index contributed by atoms with van der Waals surface area (Å²) in [6, 6.07) is 13.5. The van der Waals surface area contributed by atoms with E-state index in [0.717, 1.165) is 16.8 Å². The zero-order chi connectivity index (χ0) is 18.2. The lowest BCUT2D eigenvalue weighted by Gasteiger charge is -2.11. The van der Waals surface area contributed by atoms with Crippen LogP contribution in [0.3, 0.4) is 0 Å². The smallest absolute Gasteiger partial charge is 0.178 e. The van der Waals surface area contributed by atoms with Gasteiger partial charge in [-0.1, -0.05) is 18.2 Å². The summed E-state index contributed by atoms with van der Waals surface area (Å²) in [6.45, 7) is 0. The van der Waals surface area contributed by atoms with E-state index in [-0.39, 0.29) is 5.78 Å². The van der Waals surface area contributed by atoms with Crippen molar-refractivity contribution < 1.29 is 14.3 Å². The molecule has 0 unspecified atom stereocenters. The van der Waals surface area contributed by atoms with Crippen molar-refractivity contribution in [2.45, 2.75) is 0 Å². The van der Waals surface area contributed by atoms with E-state index < -0.39 is 0 Å². The Kier molecular flexibility index (Phi) is 6.40. The fraction of sp³-hybridized carbons (Fsp3) is 0.190. The summed E-state index contributed by atoms with van der Waals surface area (Å²) in [5.74, 6) is 1.28. The first-order valence-corrected chi connectivity index (χ1v) is 7.93. The van der Waals surface area contributed by atoms with Crippen LogP contribution in [0.1, 0.15) is 11.1 Å². The van der Waals surface area contributed by atoms with E-state index in [4.69, 9.17) is 9.47 Å². The van der Waals surface area contributed by atoms with Gasteiger partial charge in [-0.05, 0) is 48.1 Å². The molecule has 0 saturated carbocycles. The van der Waals surface area contributed by atoms with Gasteiger partial charge in [0.1, 0.15) is 11.5 Å². The summed E-state index contributed by atoms with van der Waals surface area (Å²) in [5, 5.41) is 0. The fourth-order valence-corrected chi connectivity index (χ4v) is 2.25. The topological polar surface area (TPSA) is 38.8 Å². The molecule has 0 aromatic heterocycles. The Morgan fingerprint density at radius 3 is 2.20 bits per heavy atom. The predicted octanol–water partition coefficient (Wildman–Crippen LogP) is 4.07. The number of carbonyl (C=O) groups is 1. The van der Waals surface area contributed by atoms with E-state index in [0.29, 0.717) is 11.5 Å². The van der Waals surface area contributed by atoms with Crippen LogP contribution in [0.5, 0.6) is 11.5 Å². The van der Waals surface area contributed by atoms with Gasteiger partial charge in [0, 0.05) is 31.4 Å². The second-order valence-electron chi connectivity index (χ2n) is 5.66. The minimum Gasteiger partial charge on any atom is -0.497 e. The molecular weight excluding hydrogens is 314 g/mol. The molecule has 0 spiro atoms. The first-order valence-electron chi connectivity index (χ1n) is 7.93. The quantitative estimate of drug-likeness (QED) is 0.714. The lowest BCUT2D eigenvalue weighted by Crippen LogP contribution is -2.07. The molecule has 0 fully saturated rings. The molecule has 0 radical (unpaired) electrons. The number of anilines is 1. The molecule has 0 bridgehead atoms. The molecule has 2 rings (SSSR count). The minimum absolute atomic E-state index is 0.0884. The van der Waals surface area contributed by atoms with E-state index in [1.165, 1.54) is 6.08 Å². The van der Waals surface area contributed by atoms with Crippen LogP contribution in [0.25, 0.3) is 12.2 Å². The molecule has 4 nitrogen and oxygen atoms in total. The van der Waals surface area contributed by atoms with Crippen LogP contribution in [-0.2, 0) is 4.79 Å². The van der Waals surface area contributed by atoms with Crippen LogP contribution >= 0.6 is 0 Å². The van der Waals surface area contributed by atoms with Crippen molar-refractivity contribution in [2.24, 2.45) is 0 Å². The highest BCUT2D eigenvalue weighted by atomic mass is 16.5. The molecule has 0 amide bonds. The molecule has 0 aliphatic heterocycles. The van der Waals surface area contributed by atoms with Crippen molar-refractivity contribution in [3.8, 4) is 11.5 Å². The average molecular weight is 337 g/mol. The third kappa shape index (κ3) is 5.24. The van der Waals surface area contributed by atoms with E-state index in [9.17, 15) is 4.79 Å². The Balaban J connectivity index is 2.05. The Hall–Kier alpha value is -3.01. The first-order chi connectivity index (χ1) is 12.0. The van der Waals surface area contributed by atoms with Gasteiger partial charge in [-0.15, -0.1) is 0 Å². The maximum atomic E-state index is 12.0. The Morgan fingerprint density at radius 1 is 0.920 bits per heavy atom. The molecule has 4 heteroatoms. The molecule has 130 valence electrons. The highest BCUT2D eigenvalue weighted by Crippen LogP contribution is 2.25. The van der Waals surface area contributed by atoms with Crippen molar-refractivity contribution in [3.05, 3.63) is 65.7 Å². The molecule has 0 N–H and O–H groups in total. The lowest BCUT2D eigenvalue weighted by atomic mass is 10.1. The average Bonchev–Trinajstić information content (AvgIpc) is 2.64. The molecule has 0 aliphatic carbocycles. The van der Waals surface area contributed by atoms with Gasteiger partial charge in [0.2, 0.25) is 0 Å². The number of rotatable bonds is 7. The number of nitrogens with zero attached hydrogens (tertiary/aromatic N) is 1. The summed E-state index contributed by atoms with van der Waals surface area (Å²) < 4.78 is 10.5. The number of benzene rings is 2. The largest absolute Gasteiger partial charge is 0.497 e.